The molecule has 20 heavy (non-hydrogen) atoms. The van der Waals surface area contributed by atoms with Gasteiger partial charge in [0, 0.05) is 24.7 Å². The van der Waals surface area contributed by atoms with E-state index in [1.807, 2.05) is 20.0 Å². The topological polar surface area (TPSA) is 62.6 Å². The van der Waals surface area contributed by atoms with Crippen LogP contribution in [0.25, 0.3) is 0 Å². The number of nitrogens with one attached hydrogen (secondary N) is 1. The zero-order valence-corrected chi connectivity index (χ0v) is 13.2. The lowest BCUT2D eigenvalue weighted by molar-refractivity contribution is 0.240. The van der Waals surface area contributed by atoms with Crippen molar-refractivity contribution in [2.24, 2.45) is 5.92 Å². The van der Waals surface area contributed by atoms with Gasteiger partial charge in [-0.05, 0) is 45.2 Å². The van der Waals surface area contributed by atoms with Crippen molar-refractivity contribution in [1.82, 2.24) is 9.62 Å². The molecule has 1 aliphatic heterocycles. The highest BCUT2D eigenvalue weighted by atomic mass is 32.2. The third-order valence-corrected chi connectivity index (χ3v) is 5.41. The van der Waals surface area contributed by atoms with Gasteiger partial charge in [0.25, 0.3) is 0 Å². The van der Waals surface area contributed by atoms with Crippen LogP contribution >= 0.6 is 0 Å². The number of hydrogen-bond acceptors (Lipinski definition) is 4. The van der Waals surface area contributed by atoms with Gasteiger partial charge in [-0.15, -0.1) is 0 Å². The van der Waals surface area contributed by atoms with Gasteiger partial charge >= 0.3 is 0 Å². The van der Waals surface area contributed by atoms with E-state index in [2.05, 4.69) is 5.32 Å². The first-order valence-electron chi connectivity index (χ1n) is 7.08. The van der Waals surface area contributed by atoms with Crippen LogP contribution in [0.1, 0.15) is 36.6 Å². The Morgan fingerprint density at radius 2 is 2.30 bits per heavy atom. The molecule has 2 atom stereocenters. The van der Waals surface area contributed by atoms with Gasteiger partial charge in [-0.25, -0.2) is 12.7 Å². The average molecular weight is 300 g/mol. The first kappa shape index (κ1) is 15.5. The van der Waals surface area contributed by atoms with Gasteiger partial charge in [-0.1, -0.05) is 0 Å². The van der Waals surface area contributed by atoms with Crippen molar-refractivity contribution in [2.75, 3.05) is 26.4 Å². The zero-order valence-electron chi connectivity index (χ0n) is 12.4. The van der Waals surface area contributed by atoms with Crippen LogP contribution in [0.3, 0.4) is 0 Å². The molecule has 1 aliphatic rings. The van der Waals surface area contributed by atoms with Crippen molar-refractivity contribution in [2.45, 2.75) is 32.2 Å². The van der Waals surface area contributed by atoms with Crippen LogP contribution in [0.2, 0.25) is 0 Å². The van der Waals surface area contributed by atoms with E-state index in [1.54, 1.807) is 10.6 Å². The highest BCUT2D eigenvalue weighted by molar-refractivity contribution is 7.88. The maximum absolute atomic E-state index is 11.7. The van der Waals surface area contributed by atoms with Crippen molar-refractivity contribution in [3.05, 3.63) is 23.7 Å². The van der Waals surface area contributed by atoms with Crippen LogP contribution < -0.4 is 5.32 Å². The molecule has 6 heteroatoms. The number of piperidine rings is 1. The summed E-state index contributed by atoms with van der Waals surface area (Å²) in [6.07, 6.45) is 5.96. The lowest BCUT2D eigenvalue weighted by Crippen LogP contribution is -2.40. The SMILES string of the molecule is CNC(CC1CCCN(S(C)(=O)=O)C1)c1ccoc1C. The Kier molecular flexibility index (Phi) is 4.88. The summed E-state index contributed by atoms with van der Waals surface area (Å²) < 4.78 is 30.3. The fraction of sp³-hybridized carbons (Fsp3) is 0.714. The molecule has 2 unspecified atom stereocenters. The standard InChI is InChI=1S/C14H24N2O3S/c1-11-13(6-8-19-11)14(15-2)9-12-5-4-7-16(10-12)20(3,17)18/h6,8,12,14-15H,4-5,7,9-10H2,1-3H3. The van der Waals surface area contributed by atoms with E-state index in [1.165, 1.54) is 11.8 Å². The number of hydrogen-bond donors (Lipinski definition) is 1. The van der Waals surface area contributed by atoms with Crippen LogP contribution in [-0.2, 0) is 10.0 Å². The molecule has 2 rings (SSSR count). The maximum atomic E-state index is 11.7. The molecule has 0 radical (unpaired) electrons. The molecule has 0 aliphatic carbocycles. The van der Waals surface area contributed by atoms with E-state index >= 15 is 0 Å². The van der Waals surface area contributed by atoms with Crippen molar-refractivity contribution >= 4 is 10.0 Å². The second-order valence-electron chi connectivity index (χ2n) is 5.64. The normalized spacial score (nSPS) is 22.9. The molecule has 1 aromatic rings. The minimum atomic E-state index is -3.07. The van der Waals surface area contributed by atoms with Gasteiger partial charge in [-0.3, -0.25) is 0 Å². The third kappa shape index (κ3) is 3.62. The molecule has 0 aromatic carbocycles. The van der Waals surface area contributed by atoms with Crippen LogP contribution in [0.15, 0.2) is 16.7 Å². The highest BCUT2D eigenvalue weighted by Crippen LogP contribution is 2.30. The Morgan fingerprint density at radius 3 is 2.85 bits per heavy atom. The summed E-state index contributed by atoms with van der Waals surface area (Å²) in [7, 11) is -1.13. The Bertz CT molecular complexity index is 538. The lowest BCUT2D eigenvalue weighted by Gasteiger charge is -2.32. The summed E-state index contributed by atoms with van der Waals surface area (Å²) in [5.74, 6) is 1.32. The molecule has 114 valence electrons. The Hall–Kier alpha value is -0.850. The summed E-state index contributed by atoms with van der Waals surface area (Å²) in [5, 5.41) is 3.32. The molecule has 5 nitrogen and oxygen atoms in total. The van der Waals surface area contributed by atoms with Gasteiger partial charge in [0.15, 0.2) is 0 Å². The molecule has 0 saturated carbocycles. The summed E-state index contributed by atoms with van der Waals surface area (Å²) in [6, 6.07) is 2.21. The Morgan fingerprint density at radius 1 is 1.55 bits per heavy atom. The highest BCUT2D eigenvalue weighted by Gasteiger charge is 2.28. The fourth-order valence-corrected chi connectivity index (χ4v) is 3.95. The summed E-state index contributed by atoms with van der Waals surface area (Å²) >= 11 is 0. The van der Waals surface area contributed by atoms with Crippen molar-refractivity contribution in [3.8, 4) is 0 Å². The number of furan rings is 1. The molecular formula is C14H24N2O3S. The first-order valence-corrected chi connectivity index (χ1v) is 8.93. The zero-order chi connectivity index (χ0) is 14.8. The van der Waals surface area contributed by atoms with Gasteiger partial charge < -0.3 is 9.73 Å². The molecule has 0 spiro atoms. The van der Waals surface area contributed by atoms with Crippen LogP contribution in [0.4, 0.5) is 0 Å². The van der Waals surface area contributed by atoms with Crippen LogP contribution in [0.5, 0.6) is 0 Å². The number of rotatable bonds is 5. The van der Waals surface area contributed by atoms with Crippen LogP contribution in [0, 0.1) is 12.8 Å². The minimum Gasteiger partial charge on any atom is -0.469 e. The number of aryl methyl sites for hydroxylation is 1. The van der Waals surface area contributed by atoms with E-state index in [4.69, 9.17) is 4.42 Å². The van der Waals surface area contributed by atoms with E-state index in [-0.39, 0.29) is 6.04 Å². The second kappa shape index (κ2) is 6.28. The monoisotopic (exact) mass is 300 g/mol. The molecule has 2 heterocycles. The quantitative estimate of drug-likeness (QED) is 0.902. The van der Waals surface area contributed by atoms with Gasteiger partial charge in [0.1, 0.15) is 5.76 Å². The van der Waals surface area contributed by atoms with Gasteiger partial charge in [0.05, 0.1) is 12.5 Å². The van der Waals surface area contributed by atoms with E-state index < -0.39 is 10.0 Å². The molecule has 0 bridgehead atoms. The second-order valence-corrected chi connectivity index (χ2v) is 7.62. The molecule has 0 amide bonds. The minimum absolute atomic E-state index is 0.221. The van der Waals surface area contributed by atoms with Crippen LogP contribution in [-0.4, -0.2) is 39.1 Å². The summed E-state index contributed by atoms with van der Waals surface area (Å²) in [6.45, 7) is 3.25. The maximum Gasteiger partial charge on any atom is 0.211 e. The number of nitrogens with zero attached hydrogens (tertiary/aromatic N) is 1. The molecule has 1 fully saturated rings. The van der Waals surface area contributed by atoms with E-state index in [0.29, 0.717) is 19.0 Å². The first-order chi connectivity index (χ1) is 9.41. The van der Waals surface area contributed by atoms with E-state index in [0.717, 1.165) is 25.0 Å². The summed E-state index contributed by atoms with van der Waals surface area (Å²) in [5.41, 5.74) is 1.17. The molecule has 1 N–H and O–H groups in total. The van der Waals surface area contributed by atoms with Crippen molar-refractivity contribution in [3.63, 3.8) is 0 Å². The average Bonchev–Trinajstić information content (AvgIpc) is 2.81. The van der Waals surface area contributed by atoms with Gasteiger partial charge in [-0.2, -0.15) is 0 Å². The molecule has 1 saturated heterocycles. The van der Waals surface area contributed by atoms with Crippen molar-refractivity contribution < 1.29 is 12.8 Å². The predicted molar refractivity (Wildman–Crippen MR) is 79.0 cm³/mol. The largest absolute Gasteiger partial charge is 0.469 e. The summed E-state index contributed by atoms with van der Waals surface area (Å²) in [4.78, 5) is 0. The third-order valence-electron chi connectivity index (χ3n) is 4.14. The smallest absolute Gasteiger partial charge is 0.211 e. The van der Waals surface area contributed by atoms with Gasteiger partial charge in [0.2, 0.25) is 10.0 Å². The van der Waals surface area contributed by atoms with E-state index in [9.17, 15) is 8.42 Å². The molecular weight excluding hydrogens is 276 g/mol. The Labute approximate surface area is 121 Å². The fourth-order valence-electron chi connectivity index (χ4n) is 3.01. The number of sulfonamides is 1. The Balaban J connectivity index is 2.03. The predicted octanol–water partition coefficient (Wildman–Crippen LogP) is 1.91. The lowest BCUT2D eigenvalue weighted by atomic mass is 9.89. The molecule has 1 aromatic heterocycles. The van der Waals surface area contributed by atoms with Crippen molar-refractivity contribution in [1.29, 1.82) is 0 Å².